The SMILES string of the molecule is CCOc1ccc(NC(=O)CN(C)c2nc(C)nc3sc4c(c23)CCC4)cc1OCC. The Morgan fingerprint density at radius 2 is 1.94 bits per heavy atom. The van der Waals surface area contributed by atoms with E-state index < -0.39 is 0 Å². The van der Waals surface area contributed by atoms with Crippen LogP contribution in [0.25, 0.3) is 10.2 Å². The van der Waals surface area contributed by atoms with Crippen molar-refractivity contribution in [3.05, 3.63) is 34.5 Å². The summed E-state index contributed by atoms with van der Waals surface area (Å²) in [5, 5.41) is 4.07. The van der Waals surface area contributed by atoms with Gasteiger partial charge in [-0.05, 0) is 57.7 Å². The molecule has 4 rings (SSSR count). The fourth-order valence-corrected chi connectivity index (χ4v) is 5.28. The minimum Gasteiger partial charge on any atom is -0.490 e. The van der Waals surface area contributed by atoms with Gasteiger partial charge in [0.25, 0.3) is 0 Å². The Morgan fingerprint density at radius 1 is 1.16 bits per heavy atom. The quantitative estimate of drug-likeness (QED) is 0.561. The number of nitrogens with one attached hydrogen (secondary N) is 1. The number of rotatable bonds is 8. The van der Waals surface area contributed by atoms with Gasteiger partial charge in [0.2, 0.25) is 5.91 Å². The second-order valence-electron chi connectivity index (χ2n) is 7.56. The van der Waals surface area contributed by atoms with Gasteiger partial charge in [-0.15, -0.1) is 11.3 Å². The van der Waals surface area contributed by atoms with Gasteiger partial charge in [0, 0.05) is 23.7 Å². The molecule has 0 aliphatic heterocycles. The molecule has 2 heterocycles. The number of amides is 1. The lowest BCUT2D eigenvalue weighted by molar-refractivity contribution is -0.114. The van der Waals surface area contributed by atoms with Crippen molar-refractivity contribution in [1.82, 2.24) is 9.97 Å². The third-order valence-corrected chi connectivity index (χ3v) is 6.41. The van der Waals surface area contributed by atoms with Crippen molar-refractivity contribution in [2.75, 3.05) is 37.0 Å². The number of nitrogens with zero attached hydrogens (tertiary/aromatic N) is 3. The molecule has 0 spiro atoms. The van der Waals surface area contributed by atoms with Crippen LogP contribution in [0.4, 0.5) is 11.5 Å². The third-order valence-electron chi connectivity index (χ3n) is 5.23. The number of hydrogen-bond acceptors (Lipinski definition) is 7. The lowest BCUT2D eigenvalue weighted by Crippen LogP contribution is -2.31. The normalized spacial score (nSPS) is 12.6. The van der Waals surface area contributed by atoms with Gasteiger partial charge in [-0.25, -0.2) is 9.97 Å². The van der Waals surface area contributed by atoms with Crippen molar-refractivity contribution < 1.29 is 14.3 Å². The van der Waals surface area contributed by atoms with Crippen molar-refractivity contribution in [2.45, 2.75) is 40.0 Å². The lowest BCUT2D eigenvalue weighted by atomic mass is 10.2. The van der Waals surface area contributed by atoms with Crippen molar-refractivity contribution >= 4 is 39.0 Å². The summed E-state index contributed by atoms with van der Waals surface area (Å²) in [5.74, 6) is 2.73. The molecule has 0 saturated heterocycles. The molecular formula is C23H28N4O3S. The number of hydrogen-bond donors (Lipinski definition) is 1. The maximum absolute atomic E-state index is 12.8. The topological polar surface area (TPSA) is 76.6 Å². The van der Waals surface area contributed by atoms with Crippen LogP contribution in [0.2, 0.25) is 0 Å². The molecule has 3 aromatic rings. The first-order chi connectivity index (χ1) is 15.0. The first-order valence-electron chi connectivity index (χ1n) is 10.7. The fraction of sp³-hybridized carbons (Fsp3) is 0.435. The number of ether oxygens (including phenoxy) is 2. The minimum atomic E-state index is -0.120. The molecule has 8 heteroatoms. The van der Waals surface area contributed by atoms with Gasteiger partial charge in [-0.1, -0.05) is 0 Å². The molecule has 1 aliphatic carbocycles. The van der Waals surface area contributed by atoms with Crippen LogP contribution in [-0.2, 0) is 17.6 Å². The molecule has 1 amide bonds. The Kier molecular flexibility index (Phi) is 6.27. The summed E-state index contributed by atoms with van der Waals surface area (Å²) in [6, 6.07) is 5.44. The van der Waals surface area contributed by atoms with E-state index in [0.29, 0.717) is 30.4 Å². The van der Waals surface area contributed by atoms with E-state index in [1.54, 1.807) is 17.4 Å². The van der Waals surface area contributed by atoms with Gasteiger partial charge in [-0.2, -0.15) is 0 Å². The number of carbonyl (C=O) groups excluding carboxylic acids is 1. The van der Waals surface area contributed by atoms with Crippen molar-refractivity contribution in [3.8, 4) is 11.5 Å². The zero-order chi connectivity index (χ0) is 22.0. The molecule has 1 aromatic carbocycles. The molecule has 7 nitrogen and oxygen atoms in total. The molecule has 1 aliphatic rings. The number of benzene rings is 1. The van der Waals surface area contributed by atoms with Gasteiger partial charge in [0.05, 0.1) is 25.1 Å². The smallest absolute Gasteiger partial charge is 0.243 e. The summed E-state index contributed by atoms with van der Waals surface area (Å²) >= 11 is 1.76. The molecule has 0 atom stereocenters. The van der Waals surface area contributed by atoms with Gasteiger partial charge in [0.15, 0.2) is 11.5 Å². The summed E-state index contributed by atoms with van der Waals surface area (Å²) in [4.78, 5) is 26.5. The average molecular weight is 441 g/mol. The lowest BCUT2D eigenvalue weighted by Gasteiger charge is -2.20. The van der Waals surface area contributed by atoms with Crippen LogP contribution in [-0.4, -0.2) is 42.7 Å². The summed E-state index contributed by atoms with van der Waals surface area (Å²) < 4.78 is 11.2. The van der Waals surface area contributed by atoms with E-state index in [2.05, 4.69) is 15.3 Å². The predicted octanol–water partition coefficient (Wildman–Crippen LogP) is 4.36. The van der Waals surface area contributed by atoms with E-state index in [-0.39, 0.29) is 12.5 Å². The fourth-order valence-electron chi connectivity index (χ4n) is 3.98. The van der Waals surface area contributed by atoms with E-state index in [1.807, 2.05) is 44.9 Å². The molecule has 0 unspecified atom stereocenters. The zero-order valence-electron chi connectivity index (χ0n) is 18.4. The number of carbonyl (C=O) groups is 1. The summed E-state index contributed by atoms with van der Waals surface area (Å²) in [5.41, 5.74) is 2.03. The van der Waals surface area contributed by atoms with Crippen molar-refractivity contribution in [2.24, 2.45) is 0 Å². The highest BCUT2D eigenvalue weighted by Crippen LogP contribution is 2.40. The Hall–Kier alpha value is -2.87. The van der Waals surface area contributed by atoms with Crippen LogP contribution in [0.1, 0.15) is 36.5 Å². The molecule has 0 radical (unpaired) electrons. The van der Waals surface area contributed by atoms with Crippen LogP contribution < -0.4 is 19.7 Å². The van der Waals surface area contributed by atoms with Crippen LogP contribution in [0.15, 0.2) is 18.2 Å². The monoisotopic (exact) mass is 440 g/mol. The Bertz CT molecular complexity index is 1110. The standard InChI is InChI=1S/C23H28N4O3S/c1-5-29-17-11-10-15(12-18(17)30-6-2)26-20(28)13-27(4)22-21-16-8-7-9-19(16)31-23(21)25-14(3)24-22/h10-12H,5-9,13H2,1-4H3,(H,26,28). The third kappa shape index (κ3) is 4.44. The Balaban J connectivity index is 1.53. The molecule has 1 N–H and O–H groups in total. The average Bonchev–Trinajstić information content (AvgIpc) is 3.30. The van der Waals surface area contributed by atoms with E-state index >= 15 is 0 Å². The van der Waals surface area contributed by atoms with E-state index in [1.165, 1.54) is 16.9 Å². The molecule has 2 aromatic heterocycles. The maximum Gasteiger partial charge on any atom is 0.243 e. The maximum atomic E-state index is 12.8. The van der Waals surface area contributed by atoms with E-state index in [4.69, 9.17) is 9.47 Å². The van der Waals surface area contributed by atoms with E-state index in [9.17, 15) is 4.79 Å². The second kappa shape index (κ2) is 9.09. The first-order valence-corrected chi connectivity index (χ1v) is 11.5. The van der Waals surface area contributed by atoms with Gasteiger partial charge >= 0.3 is 0 Å². The van der Waals surface area contributed by atoms with Gasteiger partial charge < -0.3 is 19.7 Å². The van der Waals surface area contributed by atoms with E-state index in [0.717, 1.165) is 34.7 Å². The van der Waals surface area contributed by atoms with Gasteiger partial charge in [-0.3, -0.25) is 4.79 Å². The number of aromatic nitrogens is 2. The summed E-state index contributed by atoms with van der Waals surface area (Å²) in [6.45, 7) is 7.01. The Labute approximate surface area is 186 Å². The minimum absolute atomic E-state index is 0.120. The predicted molar refractivity (Wildman–Crippen MR) is 125 cm³/mol. The molecular weight excluding hydrogens is 412 g/mol. The van der Waals surface area contributed by atoms with Gasteiger partial charge in [0.1, 0.15) is 16.5 Å². The number of anilines is 2. The Morgan fingerprint density at radius 3 is 2.71 bits per heavy atom. The molecule has 0 saturated carbocycles. The summed E-state index contributed by atoms with van der Waals surface area (Å²) in [6.07, 6.45) is 3.34. The highest BCUT2D eigenvalue weighted by molar-refractivity contribution is 7.19. The largest absolute Gasteiger partial charge is 0.490 e. The molecule has 164 valence electrons. The number of fused-ring (bicyclic) bond motifs is 3. The van der Waals surface area contributed by atoms with Crippen LogP contribution >= 0.6 is 11.3 Å². The number of likely N-dealkylation sites (N-methyl/N-ethyl adjacent to an activating group) is 1. The molecule has 31 heavy (non-hydrogen) atoms. The first kappa shape index (κ1) is 21.4. The van der Waals surface area contributed by atoms with Crippen LogP contribution in [0.5, 0.6) is 11.5 Å². The number of aryl methyl sites for hydroxylation is 3. The molecule has 0 fully saturated rings. The zero-order valence-corrected chi connectivity index (χ0v) is 19.3. The van der Waals surface area contributed by atoms with Crippen molar-refractivity contribution in [1.29, 1.82) is 0 Å². The van der Waals surface area contributed by atoms with Crippen LogP contribution in [0.3, 0.4) is 0 Å². The highest BCUT2D eigenvalue weighted by Gasteiger charge is 2.24. The highest BCUT2D eigenvalue weighted by atomic mass is 32.1. The van der Waals surface area contributed by atoms with Crippen molar-refractivity contribution in [3.63, 3.8) is 0 Å². The molecule has 0 bridgehead atoms. The second-order valence-corrected chi connectivity index (χ2v) is 8.65. The van der Waals surface area contributed by atoms with Crippen LogP contribution in [0, 0.1) is 6.92 Å². The number of thiophene rings is 1. The summed E-state index contributed by atoms with van der Waals surface area (Å²) in [7, 11) is 1.91.